The Morgan fingerprint density at radius 1 is 1.32 bits per heavy atom. The number of carbonyl (C=O) groups is 2. The first-order chi connectivity index (χ1) is 12.0. The number of benzene rings is 1. The normalized spacial score (nSPS) is 10.8. The lowest BCUT2D eigenvalue weighted by Gasteiger charge is -2.11. The van der Waals surface area contributed by atoms with Crippen molar-refractivity contribution in [1.29, 1.82) is 0 Å². The van der Waals surface area contributed by atoms with E-state index >= 15 is 0 Å². The Labute approximate surface area is 149 Å². The highest BCUT2D eigenvalue weighted by molar-refractivity contribution is 7.15. The number of imidazole rings is 1. The summed E-state index contributed by atoms with van der Waals surface area (Å²) in [6.07, 6.45) is 3.82. The standard InChI is InChI=1S/C17H19N5O2S/c1-11(2)19-16(24)20-13-5-3-4-12(8-13)15(23)18-9-14-10-22-6-7-25-17(22)21-14/h3-8,10-11H,9H2,1-2H3,(H,18,23)(H2,19,20,24). The van der Waals surface area contributed by atoms with Crippen LogP contribution < -0.4 is 16.0 Å². The van der Waals surface area contributed by atoms with E-state index in [2.05, 4.69) is 20.9 Å². The third-order valence-electron chi connectivity index (χ3n) is 3.38. The molecule has 25 heavy (non-hydrogen) atoms. The SMILES string of the molecule is CC(C)NC(=O)Nc1cccc(C(=O)NCc2cn3ccsc3n2)c1. The van der Waals surface area contributed by atoms with Crippen LogP contribution in [0.3, 0.4) is 0 Å². The lowest BCUT2D eigenvalue weighted by atomic mass is 10.2. The Bertz CT molecular complexity index is 871. The second-order valence-electron chi connectivity index (χ2n) is 5.84. The van der Waals surface area contributed by atoms with Gasteiger partial charge in [0.1, 0.15) is 0 Å². The number of nitrogens with one attached hydrogen (secondary N) is 3. The van der Waals surface area contributed by atoms with Gasteiger partial charge in [-0.3, -0.25) is 9.20 Å². The summed E-state index contributed by atoms with van der Waals surface area (Å²) in [7, 11) is 0. The van der Waals surface area contributed by atoms with Gasteiger partial charge in [0.05, 0.1) is 12.2 Å². The first-order valence-corrected chi connectivity index (χ1v) is 8.76. The van der Waals surface area contributed by atoms with E-state index in [0.717, 1.165) is 10.7 Å². The predicted octanol–water partition coefficient (Wildman–Crippen LogP) is 2.86. The van der Waals surface area contributed by atoms with Crippen molar-refractivity contribution in [3.05, 3.63) is 53.3 Å². The summed E-state index contributed by atoms with van der Waals surface area (Å²) in [6, 6.07) is 6.54. The molecule has 8 heteroatoms. The Morgan fingerprint density at radius 2 is 2.16 bits per heavy atom. The monoisotopic (exact) mass is 357 g/mol. The van der Waals surface area contributed by atoms with Crippen LogP contribution in [-0.2, 0) is 6.54 Å². The second kappa shape index (κ2) is 7.35. The van der Waals surface area contributed by atoms with Crippen molar-refractivity contribution in [2.24, 2.45) is 0 Å². The average molecular weight is 357 g/mol. The lowest BCUT2D eigenvalue weighted by molar-refractivity contribution is 0.0950. The van der Waals surface area contributed by atoms with Crippen LogP contribution in [0.1, 0.15) is 29.9 Å². The molecule has 1 aromatic carbocycles. The van der Waals surface area contributed by atoms with Gasteiger partial charge < -0.3 is 16.0 Å². The van der Waals surface area contributed by atoms with Gasteiger partial charge in [0, 0.05) is 35.1 Å². The van der Waals surface area contributed by atoms with Crippen molar-refractivity contribution < 1.29 is 9.59 Å². The van der Waals surface area contributed by atoms with Gasteiger partial charge in [-0.1, -0.05) is 6.07 Å². The van der Waals surface area contributed by atoms with Crippen LogP contribution in [0, 0.1) is 0 Å². The van der Waals surface area contributed by atoms with Gasteiger partial charge in [-0.25, -0.2) is 9.78 Å². The number of amides is 3. The molecule has 3 N–H and O–H groups in total. The molecule has 3 rings (SSSR count). The van der Waals surface area contributed by atoms with Gasteiger partial charge in [-0.2, -0.15) is 0 Å². The number of hydrogen-bond donors (Lipinski definition) is 3. The molecule has 0 bridgehead atoms. The third-order valence-corrected chi connectivity index (χ3v) is 4.15. The van der Waals surface area contributed by atoms with Crippen LogP contribution in [0.5, 0.6) is 0 Å². The summed E-state index contributed by atoms with van der Waals surface area (Å²) < 4.78 is 1.92. The summed E-state index contributed by atoms with van der Waals surface area (Å²) >= 11 is 1.54. The number of anilines is 1. The van der Waals surface area contributed by atoms with E-state index in [0.29, 0.717) is 17.8 Å². The van der Waals surface area contributed by atoms with Gasteiger partial charge >= 0.3 is 6.03 Å². The van der Waals surface area contributed by atoms with Crippen LogP contribution in [0.25, 0.3) is 4.96 Å². The molecule has 0 saturated carbocycles. The molecular weight excluding hydrogens is 338 g/mol. The molecule has 0 fully saturated rings. The molecule has 3 amide bonds. The van der Waals surface area contributed by atoms with Crippen LogP contribution in [0.4, 0.5) is 10.5 Å². The van der Waals surface area contributed by atoms with E-state index in [1.54, 1.807) is 35.6 Å². The molecule has 0 aliphatic heterocycles. The highest BCUT2D eigenvalue weighted by atomic mass is 32.1. The predicted molar refractivity (Wildman–Crippen MR) is 98.0 cm³/mol. The quantitative estimate of drug-likeness (QED) is 0.656. The van der Waals surface area contributed by atoms with Crippen molar-refractivity contribution in [2.45, 2.75) is 26.4 Å². The molecular formula is C17H19N5O2S. The maximum absolute atomic E-state index is 12.3. The largest absolute Gasteiger partial charge is 0.346 e. The summed E-state index contributed by atoms with van der Waals surface area (Å²) in [5.74, 6) is -0.218. The Hall–Kier alpha value is -2.87. The van der Waals surface area contributed by atoms with E-state index in [1.807, 2.05) is 36.0 Å². The molecule has 0 aliphatic carbocycles. The highest BCUT2D eigenvalue weighted by Crippen LogP contribution is 2.13. The van der Waals surface area contributed by atoms with Gasteiger partial charge in [0.2, 0.25) is 0 Å². The number of urea groups is 1. The Morgan fingerprint density at radius 3 is 2.92 bits per heavy atom. The molecule has 0 unspecified atom stereocenters. The van der Waals surface area contributed by atoms with Gasteiger partial charge in [0.25, 0.3) is 5.91 Å². The first-order valence-electron chi connectivity index (χ1n) is 7.88. The second-order valence-corrected chi connectivity index (χ2v) is 6.71. The van der Waals surface area contributed by atoms with Crippen molar-refractivity contribution in [3.8, 4) is 0 Å². The van der Waals surface area contributed by atoms with Crippen LogP contribution in [-0.4, -0.2) is 27.4 Å². The summed E-state index contributed by atoms with van der Waals surface area (Å²) in [6.45, 7) is 4.10. The summed E-state index contributed by atoms with van der Waals surface area (Å²) in [5.41, 5.74) is 1.84. The van der Waals surface area contributed by atoms with E-state index in [1.165, 1.54) is 0 Å². The van der Waals surface area contributed by atoms with Crippen LogP contribution in [0.2, 0.25) is 0 Å². The molecule has 0 radical (unpaired) electrons. The van der Waals surface area contributed by atoms with Crippen molar-refractivity contribution in [2.75, 3.05) is 5.32 Å². The minimum absolute atomic E-state index is 0.0380. The van der Waals surface area contributed by atoms with E-state index in [9.17, 15) is 9.59 Å². The van der Waals surface area contributed by atoms with Crippen molar-refractivity contribution in [3.63, 3.8) is 0 Å². The highest BCUT2D eigenvalue weighted by Gasteiger charge is 2.10. The van der Waals surface area contributed by atoms with Gasteiger partial charge in [-0.05, 0) is 32.0 Å². The molecule has 0 aliphatic rings. The minimum atomic E-state index is -0.300. The zero-order valence-corrected chi connectivity index (χ0v) is 14.8. The number of rotatable bonds is 5. The maximum atomic E-state index is 12.3. The number of hydrogen-bond acceptors (Lipinski definition) is 4. The molecule has 130 valence electrons. The summed E-state index contributed by atoms with van der Waals surface area (Å²) in [4.78, 5) is 29.4. The van der Waals surface area contributed by atoms with Crippen LogP contribution in [0.15, 0.2) is 42.0 Å². The molecule has 0 spiro atoms. The Kier molecular flexibility index (Phi) is 4.99. The number of fused-ring (bicyclic) bond motifs is 1. The average Bonchev–Trinajstić information content (AvgIpc) is 3.13. The summed E-state index contributed by atoms with van der Waals surface area (Å²) in [5, 5.41) is 10.2. The smallest absolute Gasteiger partial charge is 0.319 e. The molecule has 7 nitrogen and oxygen atoms in total. The lowest BCUT2D eigenvalue weighted by Crippen LogP contribution is -2.34. The molecule has 3 aromatic rings. The topological polar surface area (TPSA) is 87.5 Å². The fourth-order valence-corrected chi connectivity index (χ4v) is 3.02. The van der Waals surface area contributed by atoms with Crippen molar-refractivity contribution >= 4 is 33.9 Å². The van der Waals surface area contributed by atoms with Gasteiger partial charge in [0.15, 0.2) is 4.96 Å². The molecule has 2 heterocycles. The Balaban J connectivity index is 1.60. The third kappa shape index (κ3) is 4.36. The number of thiazole rings is 1. The van der Waals surface area contributed by atoms with Crippen LogP contribution >= 0.6 is 11.3 Å². The fourth-order valence-electron chi connectivity index (χ4n) is 2.30. The zero-order chi connectivity index (χ0) is 17.8. The first kappa shape index (κ1) is 17.0. The number of aromatic nitrogens is 2. The molecule has 0 atom stereocenters. The zero-order valence-electron chi connectivity index (χ0n) is 13.9. The molecule has 2 aromatic heterocycles. The number of nitrogens with zero attached hydrogens (tertiary/aromatic N) is 2. The van der Waals surface area contributed by atoms with E-state index in [-0.39, 0.29) is 18.0 Å². The molecule has 0 saturated heterocycles. The van der Waals surface area contributed by atoms with Crippen molar-refractivity contribution in [1.82, 2.24) is 20.0 Å². The minimum Gasteiger partial charge on any atom is -0.346 e. The fraction of sp³-hybridized carbons (Fsp3) is 0.235. The van der Waals surface area contributed by atoms with E-state index < -0.39 is 0 Å². The number of carbonyl (C=O) groups excluding carboxylic acids is 2. The van der Waals surface area contributed by atoms with Gasteiger partial charge in [-0.15, -0.1) is 11.3 Å². The van der Waals surface area contributed by atoms with E-state index in [4.69, 9.17) is 0 Å². The maximum Gasteiger partial charge on any atom is 0.319 e.